The zero-order chi connectivity index (χ0) is 23.6. The normalized spacial score (nSPS) is 11.9. The maximum atomic E-state index is 13.5. The highest BCUT2D eigenvalue weighted by Crippen LogP contribution is 2.24. The Bertz CT molecular complexity index is 1260. The van der Waals surface area contributed by atoms with Crippen LogP contribution in [0.2, 0.25) is 0 Å². The minimum atomic E-state index is -1.51. The van der Waals surface area contributed by atoms with Crippen LogP contribution in [0.5, 0.6) is 5.75 Å². The predicted octanol–water partition coefficient (Wildman–Crippen LogP) is 0.997. The third-order valence-electron chi connectivity index (χ3n) is 4.79. The van der Waals surface area contributed by atoms with Crippen molar-refractivity contribution in [1.82, 2.24) is 19.8 Å². The zero-order valence-electron chi connectivity index (χ0n) is 17.6. The fourth-order valence-electron chi connectivity index (χ4n) is 3.11. The Morgan fingerprint density at radius 3 is 2.69 bits per heavy atom. The summed E-state index contributed by atoms with van der Waals surface area (Å²) in [5, 5.41) is 13.1. The standard InChI is InChI=1S/C21H21FN4O5S/c1-25(2)16(27)11-26-14-5-4-8-23-18(14)19(28)17(21(26)30)20(29)24-10-12-6-7-13(22)9-15(12)32(3)31/h4-9,28H,10-11H2,1-3H3,(H,24,29). The smallest absolute Gasteiger partial charge is 0.268 e. The quantitative estimate of drug-likeness (QED) is 0.528. The summed E-state index contributed by atoms with van der Waals surface area (Å²) < 4.78 is 26.5. The van der Waals surface area contributed by atoms with Gasteiger partial charge in [-0.1, -0.05) is 0 Å². The fraction of sp³-hybridized carbons (Fsp3) is 0.238. The summed E-state index contributed by atoms with van der Waals surface area (Å²) in [6.45, 7) is -0.519. The summed E-state index contributed by atoms with van der Waals surface area (Å²) in [6.07, 6.45) is 2.76. The molecule has 1 atom stereocenters. The number of aromatic nitrogens is 2. The monoisotopic (exact) mass is 460 g/mol. The lowest BCUT2D eigenvalue weighted by molar-refractivity contribution is -0.129. The summed E-state index contributed by atoms with van der Waals surface area (Å²) in [5.41, 5.74) is -0.870. The molecule has 168 valence electrons. The number of hydrogen-bond acceptors (Lipinski definition) is 6. The largest absolute Gasteiger partial charge is 0.612 e. The second kappa shape index (κ2) is 9.37. The van der Waals surface area contributed by atoms with Crippen molar-refractivity contribution in [3.63, 3.8) is 0 Å². The Labute approximate surface area is 185 Å². The molecule has 1 aromatic carbocycles. The van der Waals surface area contributed by atoms with Gasteiger partial charge in [-0.15, -0.1) is 0 Å². The van der Waals surface area contributed by atoms with E-state index in [9.17, 15) is 28.4 Å². The van der Waals surface area contributed by atoms with Crippen molar-refractivity contribution >= 4 is 34.0 Å². The van der Waals surface area contributed by atoms with Gasteiger partial charge >= 0.3 is 0 Å². The van der Waals surface area contributed by atoms with Crippen LogP contribution in [-0.4, -0.2) is 56.3 Å². The number of carbonyl (C=O) groups excluding carboxylic acids is 2. The lowest BCUT2D eigenvalue weighted by Gasteiger charge is -2.16. The number of likely N-dealkylation sites (N-methyl/N-ethyl adjacent to an activating group) is 1. The molecule has 0 radical (unpaired) electrons. The summed E-state index contributed by atoms with van der Waals surface area (Å²) >= 11 is -1.51. The van der Waals surface area contributed by atoms with Crippen molar-refractivity contribution in [1.29, 1.82) is 0 Å². The molecule has 2 aromatic heterocycles. The molecule has 3 rings (SSSR count). The van der Waals surface area contributed by atoms with Crippen LogP contribution in [0.25, 0.3) is 11.0 Å². The van der Waals surface area contributed by atoms with Crippen LogP contribution in [0, 0.1) is 5.82 Å². The summed E-state index contributed by atoms with van der Waals surface area (Å²) in [7, 11) is 3.06. The van der Waals surface area contributed by atoms with E-state index in [2.05, 4.69) is 10.3 Å². The molecule has 2 amide bonds. The molecule has 0 spiro atoms. The molecule has 11 heteroatoms. The van der Waals surface area contributed by atoms with E-state index in [4.69, 9.17) is 0 Å². The van der Waals surface area contributed by atoms with Crippen LogP contribution in [0.3, 0.4) is 0 Å². The lowest BCUT2D eigenvalue weighted by atomic mass is 10.1. The Kier molecular flexibility index (Phi) is 6.80. The highest BCUT2D eigenvalue weighted by molar-refractivity contribution is 7.90. The number of hydrogen-bond donors (Lipinski definition) is 2. The maximum absolute atomic E-state index is 13.5. The average Bonchev–Trinajstić information content (AvgIpc) is 2.75. The number of pyridine rings is 2. The molecule has 0 aliphatic carbocycles. The van der Waals surface area contributed by atoms with Crippen LogP contribution >= 0.6 is 0 Å². The average molecular weight is 460 g/mol. The predicted molar refractivity (Wildman–Crippen MR) is 116 cm³/mol. The van der Waals surface area contributed by atoms with E-state index in [-0.39, 0.29) is 29.0 Å². The number of carbonyl (C=O) groups is 2. The second-order valence-electron chi connectivity index (χ2n) is 7.16. The minimum absolute atomic E-state index is 0.0130. The first-order chi connectivity index (χ1) is 15.1. The molecule has 3 aromatic rings. The number of rotatable bonds is 6. The SMILES string of the molecule is CN(C)C(=O)Cn1c(=O)c(C(=O)NCc2ccc(F)cc2[S+](C)[O-])c(O)c2ncccc21. The molecule has 32 heavy (non-hydrogen) atoms. The third kappa shape index (κ3) is 4.58. The fourth-order valence-corrected chi connectivity index (χ4v) is 3.89. The Morgan fingerprint density at radius 2 is 2.03 bits per heavy atom. The van der Waals surface area contributed by atoms with Crippen molar-refractivity contribution in [2.75, 3.05) is 20.4 Å². The van der Waals surface area contributed by atoms with E-state index >= 15 is 0 Å². The number of amides is 2. The van der Waals surface area contributed by atoms with Crippen LogP contribution in [0.4, 0.5) is 4.39 Å². The first-order valence-electron chi connectivity index (χ1n) is 9.42. The maximum Gasteiger partial charge on any atom is 0.268 e. The van der Waals surface area contributed by atoms with Crippen molar-refractivity contribution in [3.8, 4) is 5.75 Å². The van der Waals surface area contributed by atoms with Crippen molar-refractivity contribution in [2.45, 2.75) is 18.0 Å². The van der Waals surface area contributed by atoms with Crippen LogP contribution < -0.4 is 10.9 Å². The molecule has 2 heterocycles. The number of nitrogens with one attached hydrogen (secondary N) is 1. The molecule has 1 unspecified atom stereocenters. The van der Waals surface area contributed by atoms with Gasteiger partial charge in [0.25, 0.3) is 11.5 Å². The molecule has 0 aliphatic rings. The lowest BCUT2D eigenvalue weighted by Crippen LogP contribution is -2.37. The van der Waals surface area contributed by atoms with Crippen molar-refractivity contribution in [2.24, 2.45) is 0 Å². The van der Waals surface area contributed by atoms with Crippen LogP contribution in [0.1, 0.15) is 15.9 Å². The summed E-state index contributed by atoms with van der Waals surface area (Å²) in [6, 6.07) is 6.69. The Hall–Kier alpha value is -3.44. The molecular formula is C21H21FN4O5S. The first kappa shape index (κ1) is 23.2. The summed E-state index contributed by atoms with van der Waals surface area (Å²) in [5.74, 6) is -2.49. The van der Waals surface area contributed by atoms with Gasteiger partial charge in [-0.05, 0) is 35.4 Å². The molecule has 0 bridgehead atoms. The zero-order valence-corrected chi connectivity index (χ0v) is 18.4. The van der Waals surface area contributed by atoms with E-state index in [1.165, 1.54) is 43.6 Å². The van der Waals surface area contributed by atoms with E-state index in [1.807, 2.05) is 0 Å². The van der Waals surface area contributed by atoms with Gasteiger partial charge in [0.1, 0.15) is 29.7 Å². The van der Waals surface area contributed by atoms with Gasteiger partial charge in [-0.25, -0.2) is 4.39 Å². The molecular weight excluding hydrogens is 439 g/mol. The summed E-state index contributed by atoms with van der Waals surface area (Å²) in [4.78, 5) is 43.7. The van der Waals surface area contributed by atoms with Crippen LogP contribution in [-0.2, 0) is 29.1 Å². The van der Waals surface area contributed by atoms with Gasteiger partial charge in [-0.3, -0.25) is 23.9 Å². The van der Waals surface area contributed by atoms with Gasteiger partial charge in [0.05, 0.1) is 5.52 Å². The van der Waals surface area contributed by atoms with Gasteiger partial charge in [0.15, 0.2) is 10.6 Å². The number of nitrogens with zero attached hydrogens (tertiary/aromatic N) is 3. The number of halogens is 1. The van der Waals surface area contributed by atoms with Crippen molar-refractivity contribution in [3.05, 3.63) is 63.8 Å². The molecule has 0 fully saturated rings. The number of aromatic hydroxyl groups is 1. The third-order valence-corrected chi connectivity index (χ3v) is 5.79. The second-order valence-corrected chi connectivity index (χ2v) is 8.51. The molecule has 2 N–H and O–H groups in total. The molecule has 0 aliphatic heterocycles. The topological polar surface area (TPSA) is 128 Å². The molecule has 9 nitrogen and oxygen atoms in total. The van der Waals surface area contributed by atoms with E-state index in [0.717, 1.165) is 16.7 Å². The van der Waals surface area contributed by atoms with Crippen LogP contribution in [0.15, 0.2) is 46.2 Å². The van der Waals surface area contributed by atoms with E-state index in [0.29, 0.717) is 5.56 Å². The number of fused-ring (bicyclic) bond motifs is 1. The van der Waals surface area contributed by atoms with E-state index in [1.54, 1.807) is 6.07 Å². The van der Waals surface area contributed by atoms with Gasteiger partial charge in [0, 0.05) is 38.5 Å². The van der Waals surface area contributed by atoms with Gasteiger partial charge < -0.3 is 19.9 Å². The Morgan fingerprint density at radius 1 is 1.31 bits per heavy atom. The minimum Gasteiger partial charge on any atom is -0.612 e. The molecule has 0 saturated heterocycles. The highest BCUT2D eigenvalue weighted by Gasteiger charge is 2.24. The molecule has 0 saturated carbocycles. The van der Waals surface area contributed by atoms with Gasteiger partial charge in [-0.2, -0.15) is 0 Å². The Balaban J connectivity index is 2.02. The number of benzene rings is 1. The van der Waals surface area contributed by atoms with E-state index < -0.39 is 45.7 Å². The van der Waals surface area contributed by atoms with Gasteiger partial charge in [0.2, 0.25) is 5.91 Å². The first-order valence-corrected chi connectivity index (χ1v) is 11.0. The highest BCUT2D eigenvalue weighted by atomic mass is 32.2. The van der Waals surface area contributed by atoms with Crippen molar-refractivity contribution < 1.29 is 23.6 Å².